The summed E-state index contributed by atoms with van der Waals surface area (Å²) in [4.78, 5) is 4.59. The van der Waals surface area contributed by atoms with E-state index in [1.807, 2.05) is 18.2 Å². The number of nitrogens with zero attached hydrogens (tertiary/aromatic N) is 5. The molecule has 2 N–H and O–H groups in total. The number of benzene rings is 1. The van der Waals surface area contributed by atoms with Gasteiger partial charge in [0, 0.05) is 30.8 Å². The van der Waals surface area contributed by atoms with Crippen LogP contribution in [0.25, 0.3) is 22.5 Å². The molecular weight excluding hydrogens is 509 g/mol. The molecule has 12 heteroatoms. The lowest BCUT2D eigenvalue weighted by Gasteiger charge is -2.18. The van der Waals surface area contributed by atoms with Gasteiger partial charge in [0.1, 0.15) is 11.4 Å². The van der Waals surface area contributed by atoms with E-state index in [9.17, 15) is 12.8 Å². The van der Waals surface area contributed by atoms with Crippen LogP contribution in [0, 0.1) is 6.92 Å². The SMILES string of the molecule is Cc1nnc(-c2ccc(NC3Cc4cc5nnc(C6CC6)cc5c(S(=O)(=O)NCC(C)(C)F)c4C3)cn2)o1. The number of anilines is 1. The van der Waals surface area contributed by atoms with E-state index < -0.39 is 15.7 Å². The Morgan fingerprint density at radius 2 is 1.92 bits per heavy atom. The number of pyridine rings is 1. The number of hydrogen-bond acceptors (Lipinski definition) is 9. The highest BCUT2D eigenvalue weighted by molar-refractivity contribution is 7.89. The molecule has 10 nitrogen and oxygen atoms in total. The van der Waals surface area contributed by atoms with Crippen LogP contribution >= 0.6 is 0 Å². The Hall–Kier alpha value is -3.51. The van der Waals surface area contributed by atoms with E-state index in [4.69, 9.17) is 4.42 Å². The van der Waals surface area contributed by atoms with Crippen LogP contribution in [0.4, 0.5) is 10.1 Å². The molecule has 1 fully saturated rings. The molecule has 198 valence electrons. The first-order valence-corrected chi connectivity index (χ1v) is 14.1. The molecule has 2 aliphatic carbocycles. The van der Waals surface area contributed by atoms with Crippen molar-refractivity contribution in [1.82, 2.24) is 30.1 Å². The van der Waals surface area contributed by atoms with Gasteiger partial charge in [-0.15, -0.1) is 10.2 Å². The first kappa shape index (κ1) is 24.8. The number of aryl methyl sites for hydroxylation is 1. The molecule has 1 unspecified atom stereocenters. The fourth-order valence-corrected chi connectivity index (χ4v) is 6.49. The van der Waals surface area contributed by atoms with Gasteiger partial charge < -0.3 is 9.73 Å². The first-order valence-electron chi connectivity index (χ1n) is 12.6. The van der Waals surface area contributed by atoms with Crippen molar-refractivity contribution < 1.29 is 17.2 Å². The second-order valence-electron chi connectivity index (χ2n) is 10.7. The van der Waals surface area contributed by atoms with E-state index in [-0.39, 0.29) is 17.5 Å². The molecule has 3 aromatic heterocycles. The van der Waals surface area contributed by atoms with Crippen LogP contribution < -0.4 is 10.0 Å². The summed E-state index contributed by atoms with van der Waals surface area (Å²) in [5.74, 6) is 1.12. The minimum absolute atomic E-state index is 0.0671. The fraction of sp³-hybridized carbons (Fsp3) is 0.423. The van der Waals surface area contributed by atoms with Crippen molar-refractivity contribution in [2.24, 2.45) is 0 Å². The Morgan fingerprint density at radius 3 is 2.58 bits per heavy atom. The van der Waals surface area contributed by atoms with E-state index >= 15 is 0 Å². The third kappa shape index (κ3) is 4.97. The zero-order chi connectivity index (χ0) is 26.7. The van der Waals surface area contributed by atoms with Gasteiger partial charge in [0.25, 0.3) is 5.89 Å². The van der Waals surface area contributed by atoms with E-state index in [0.717, 1.165) is 35.3 Å². The Bertz CT molecular complexity index is 1630. The highest BCUT2D eigenvalue weighted by Gasteiger charge is 2.34. The maximum Gasteiger partial charge on any atom is 0.266 e. The van der Waals surface area contributed by atoms with Crippen molar-refractivity contribution in [2.45, 2.75) is 69.0 Å². The molecule has 4 aromatic rings. The third-order valence-electron chi connectivity index (χ3n) is 6.80. The highest BCUT2D eigenvalue weighted by Crippen LogP contribution is 2.41. The molecule has 1 atom stereocenters. The van der Waals surface area contributed by atoms with E-state index in [0.29, 0.717) is 47.1 Å². The van der Waals surface area contributed by atoms with Crippen LogP contribution in [0.2, 0.25) is 0 Å². The van der Waals surface area contributed by atoms with Crippen LogP contribution in [0.5, 0.6) is 0 Å². The summed E-state index contributed by atoms with van der Waals surface area (Å²) in [6.07, 6.45) is 4.80. The molecule has 6 rings (SSSR count). The number of rotatable bonds is 8. The van der Waals surface area contributed by atoms with Crippen molar-refractivity contribution >= 4 is 26.6 Å². The van der Waals surface area contributed by atoms with Gasteiger partial charge in [-0.2, -0.15) is 10.2 Å². The third-order valence-corrected chi connectivity index (χ3v) is 8.33. The lowest BCUT2D eigenvalue weighted by Crippen LogP contribution is -2.36. The summed E-state index contributed by atoms with van der Waals surface area (Å²) in [6, 6.07) is 7.37. The van der Waals surface area contributed by atoms with Crippen LogP contribution in [0.3, 0.4) is 0 Å². The number of fused-ring (bicyclic) bond motifs is 2. The average molecular weight is 538 g/mol. The molecule has 0 bridgehead atoms. The number of alkyl halides is 1. The highest BCUT2D eigenvalue weighted by atomic mass is 32.2. The van der Waals surface area contributed by atoms with Gasteiger partial charge in [-0.3, -0.25) is 0 Å². The lowest BCUT2D eigenvalue weighted by atomic mass is 10.1. The maximum atomic E-state index is 14.3. The van der Waals surface area contributed by atoms with Crippen molar-refractivity contribution in [3.63, 3.8) is 0 Å². The largest absolute Gasteiger partial charge is 0.420 e. The van der Waals surface area contributed by atoms with Gasteiger partial charge in [-0.25, -0.2) is 22.5 Å². The van der Waals surface area contributed by atoms with Gasteiger partial charge in [0.2, 0.25) is 15.9 Å². The predicted octanol–water partition coefficient (Wildman–Crippen LogP) is 3.87. The minimum Gasteiger partial charge on any atom is -0.420 e. The molecular formula is C26H28FN7O3S. The van der Waals surface area contributed by atoms with E-state index in [1.54, 1.807) is 19.2 Å². The topological polar surface area (TPSA) is 136 Å². The van der Waals surface area contributed by atoms with Crippen LogP contribution in [0.15, 0.2) is 39.8 Å². The Morgan fingerprint density at radius 1 is 1.11 bits per heavy atom. The smallest absolute Gasteiger partial charge is 0.266 e. The zero-order valence-electron chi connectivity index (χ0n) is 21.3. The summed E-state index contributed by atoms with van der Waals surface area (Å²) in [6.45, 7) is 4.08. The number of aromatic nitrogens is 5. The van der Waals surface area contributed by atoms with Gasteiger partial charge in [-0.05, 0) is 74.9 Å². The molecule has 0 saturated heterocycles. The minimum atomic E-state index is -4.02. The number of nitrogens with one attached hydrogen (secondary N) is 2. The Kier molecular flexibility index (Phi) is 5.91. The molecule has 0 aliphatic heterocycles. The monoisotopic (exact) mass is 537 g/mol. The van der Waals surface area contributed by atoms with Crippen molar-refractivity contribution in [3.8, 4) is 11.6 Å². The normalized spacial score (nSPS) is 17.6. The standard InChI is InChI=1S/C26H28FN7O3S/c1-14-31-34-25(37-14)21-7-6-17(12-28-21)30-18-8-16-9-23-20(11-22(32-33-23)15-4-5-15)24(19(16)10-18)38(35,36)29-13-26(2,3)27/h6-7,9,11-12,15,18,29-30H,4-5,8,10,13H2,1-3H3. The molecule has 2 aliphatic rings. The van der Waals surface area contributed by atoms with E-state index in [2.05, 4.69) is 35.4 Å². The number of halogens is 1. The quantitative estimate of drug-likeness (QED) is 0.343. The first-order chi connectivity index (χ1) is 18.1. The molecule has 1 saturated carbocycles. The molecule has 0 spiro atoms. The van der Waals surface area contributed by atoms with Crippen LogP contribution in [-0.2, 0) is 22.9 Å². The molecule has 3 heterocycles. The summed E-state index contributed by atoms with van der Waals surface area (Å²) in [7, 11) is -4.02. The van der Waals surface area contributed by atoms with Crippen molar-refractivity contribution in [1.29, 1.82) is 0 Å². The Balaban J connectivity index is 1.32. The van der Waals surface area contributed by atoms with Gasteiger partial charge >= 0.3 is 0 Å². The summed E-state index contributed by atoms with van der Waals surface area (Å²) in [5, 5.41) is 20.6. The van der Waals surface area contributed by atoms with Crippen molar-refractivity contribution in [3.05, 3.63) is 53.2 Å². The fourth-order valence-electron chi connectivity index (χ4n) is 4.82. The molecule has 0 radical (unpaired) electrons. The molecule has 0 amide bonds. The maximum absolute atomic E-state index is 14.3. The number of sulfonamides is 1. The van der Waals surface area contributed by atoms with E-state index in [1.165, 1.54) is 13.8 Å². The van der Waals surface area contributed by atoms with Crippen molar-refractivity contribution in [2.75, 3.05) is 11.9 Å². The zero-order valence-corrected chi connectivity index (χ0v) is 22.1. The lowest BCUT2D eigenvalue weighted by molar-refractivity contribution is 0.221. The van der Waals surface area contributed by atoms with Gasteiger partial charge in [0.15, 0.2) is 0 Å². The molecule has 38 heavy (non-hydrogen) atoms. The summed E-state index contributed by atoms with van der Waals surface area (Å²) < 4.78 is 49.4. The van der Waals surface area contributed by atoms with Gasteiger partial charge in [-0.1, -0.05) is 0 Å². The average Bonchev–Trinajstić information content (AvgIpc) is 3.51. The van der Waals surface area contributed by atoms with Gasteiger partial charge in [0.05, 0.1) is 28.0 Å². The second kappa shape index (κ2) is 9.05. The summed E-state index contributed by atoms with van der Waals surface area (Å²) in [5.41, 5.74) is 2.59. The number of hydrogen-bond donors (Lipinski definition) is 2. The van der Waals surface area contributed by atoms with Crippen LogP contribution in [0.1, 0.15) is 55.3 Å². The predicted molar refractivity (Wildman–Crippen MR) is 139 cm³/mol. The molecule has 1 aromatic carbocycles. The van der Waals surface area contributed by atoms with Crippen LogP contribution in [-0.4, -0.2) is 52.1 Å². The Labute approximate surface area is 219 Å². The summed E-state index contributed by atoms with van der Waals surface area (Å²) >= 11 is 0. The second-order valence-corrected chi connectivity index (χ2v) is 12.4.